The highest BCUT2D eigenvalue weighted by Crippen LogP contribution is 2.31. The molecule has 32 heavy (non-hydrogen) atoms. The number of carbonyl (C=O) groups excluding carboxylic acids is 1. The summed E-state index contributed by atoms with van der Waals surface area (Å²) in [5, 5.41) is 12.7. The van der Waals surface area contributed by atoms with Crippen molar-refractivity contribution in [1.82, 2.24) is 20.1 Å². The number of thioether (sulfide) groups is 1. The fraction of sp³-hybridized carbons (Fsp3) is 0.240. The Kier molecular flexibility index (Phi) is 5.81. The molecule has 5 rings (SSSR count). The molecule has 0 saturated carbocycles. The largest absolute Gasteiger partial charge is 0.469 e. The highest BCUT2D eigenvalue weighted by atomic mass is 32.2. The van der Waals surface area contributed by atoms with Crippen LogP contribution in [-0.4, -0.2) is 26.4 Å². The summed E-state index contributed by atoms with van der Waals surface area (Å²) in [6.07, 6.45) is 4.78. The molecule has 7 heteroatoms. The topological polar surface area (TPSA) is 72.9 Å². The van der Waals surface area contributed by atoms with E-state index in [9.17, 15) is 4.79 Å². The number of aromatic nitrogens is 3. The van der Waals surface area contributed by atoms with Crippen molar-refractivity contribution in [3.8, 4) is 17.1 Å². The van der Waals surface area contributed by atoms with E-state index < -0.39 is 0 Å². The first-order valence-corrected chi connectivity index (χ1v) is 11.7. The van der Waals surface area contributed by atoms with Crippen LogP contribution in [0.2, 0.25) is 0 Å². The van der Waals surface area contributed by atoms with Crippen molar-refractivity contribution >= 4 is 17.7 Å². The third kappa shape index (κ3) is 4.08. The van der Waals surface area contributed by atoms with Crippen LogP contribution in [0.4, 0.5) is 0 Å². The number of rotatable bonds is 6. The molecular weight excluding hydrogens is 420 g/mol. The van der Waals surface area contributed by atoms with E-state index in [2.05, 4.69) is 33.7 Å². The van der Waals surface area contributed by atoms with Crippen molar-refractivity contribution in [2.45, 2.75) is 37.4 Å². The summed E-state index contributed by atoms with van der Waals surface area (Å²) in [6.45, 7) is 1.90. The fourth-order valence-electron chi connectivity index (χ4n) is 4.23. The molecular formula is C25H24N4O2S. The summed E-state index contributed by atoms with van der Waals surface area (Å²) in [6, 6.07) is 20.3. The number of fused-ring (bicyclic) bond motifs is 1. The van der Waals surface area contributed by atoms with E-state index in [1.165, 1.54) is 22.9 Å². The molecule has 2 heterocycles. The molecule has 0 saturated heterocycles. The third-order valence-corrected chi connectivity index (χ3v) is 6.71. The number of aryl methyl sites for hydroxylation is 2. The fourth-order valence-corrected chi connectivity index (χ4v) is 5.00. The van der Waals surface area contributed by atoms with E-state index >= 15 is 0 Å². The maximum absolute atomic E-state index is 12.8. The number of furan rings is 1. The summed E-state index contributed by atoms with van der Waals surface area (Å²) in [7, 11) is 0. The van der Waals surface area contributed by atoms with E-state index in [1.54, 1.807) is 6.26 Å². The number of amides is 1. The van der Waals surface area contributed by atoms with Crippen LogP contribution in [0.5, 0.6) is 0 Å². The summed E-state index contributed by atoms with van der Waals surface area (Å²) < 4.78 is 7.46. The van der Waals surface area contributed by atoms with E-state index in [4.69, 9.17) is 4.42 Å². The van der Waals surface area contributed by atoms with Crippen LogP contribution in [0.1, 0.15) is 35.8 Å². The SMILES string of the molecule is Cc1occc1-c1nnc(SCC(=O)NC2CCCc3ccccc32)n1-c1ccccc1. The van der Waals surface area contributed by atoms with Gasteiger partial charge in [-0.05, 0) is 55.5 Å². The minimum Gasteiger partial charge on any atom is -0.469 e. The van der Waals surface area contributed by atoms with E-state index in [1.807, 2.05) is 54.0 Å². The highest BCUT2D eigenvalue weighted by molar-refractivity contribution is 7.99. The Morgan fingerprint density at radius 1 is 1.12 bits per heavy atom. The number of benzene rings is 2. The molecule has 0 aliphatic heterocycles. The standard InChI is InChI=1S/C25H24N4O2S/c1-17-20(14-15-31-17)24-27-28-25(29(24)19-10-3-2-4-11-19)32-16-23(30)26-22-13-7-9-18-8-5-6-12-21(18)22/h2-6,8,10-12,14-15,22H,7,9,13,16H2,1H3,(H,26,30). The van der Waals surface area contributed by atoms with Crippen molar-refractivity contribution in [1.29, 1.82) is 0 Å². The predicted octanol–water partition coefficient (Wildman–Crippen LogP) is 5.12. The minimum absolute atomic E-state index is 0.000330. The molecule has 0 bridgehead atoms. The average molecular weight is 445 g/mol. The Hall–Kier alpha value is -3.32. The van der Waals surface area contributed by atoms with Gasteiger partial charge in [-0.2, -0.15) is 0 Å². The number of nitrogens with zero attached hydrogens (tertiary/aromatic N) is 3. The van der Waals surface area contributed by atoms with Gasteiger partial charge in [0.2, 0.25) is 5.91 Å². The van der Waals surface area contributed by atoms with Crippen LogP contribution >= 0.6 is 11.8 Å². The maximum atomic E-state index is 12.8. The van der Waals surface area contributed by atoms with Gasteiger partial charge < -0.3 is 9.73 Å². The minimum atomic E-state index is 0.000330. The van der Waals surface area contributed by atoms with E-state index in [0.717, 1.165) is 36.3 Å². The monoisotopic (exact) mass is 444 g/mol. The zero-order chi connectivity index (χ0) is 21.9. The first-order valence-electron chi connectivity index (χ1n) is 10.8. The normalized spacial score (nSPS) is 15.3. The van der Waals surface area contributed by atoms with Crippen LogP contribution in [0.25, 0.3) is 17.1 Å². The van der Waals surface area contributed by atoms with Crippen LogP contribution < -0.4 is 5.32 Å². The van der Waals surface area contributed by atoms with Crippen molar-refractivity contribution in [3.63, 3.8) is 0 Å². The van der Waals surface area contributed by atoms with Crippen molar-refractivity contribution < 1.29 is 9.21 Å². The Bertz CT molecular complexity index is 1230. The second kappa shape index (κ2) is 9.04. The Labute approximate surface area is 191 Å². The van der Waals surface area contributed by atoms with Crippen LogP contribution in [0, 0.1) is 6.92 Å². The predicted molar refractivity (Wildman–Crippen MR) is 125 cm³/mol. The number of carbonyl (C=O) groups is 1. The molecule has 1 amide bonds. The molecule has 0 spiro atoms. The van der Waals surface area contributed by atoms with Gasteiger partial charge >= 0.3 is 0 Å². The molecule has 2 aromatic carbocycles. The summed E-state index contributed by atoms with van der Waals surface area (Å²) >= 11 is 1.39. The number of hydrogen-bond acceptors (Lipinski definition) is 5. The van der Waals surface area contributed by atoms with Gasteiger partial charge in [-0.3, -0.25) is 9.36 Å². The zero-order valence-electron chi connectivity index (χ0n) is 17.8. The molecule has 1 N–H and O–H groups in total. The van der Waals surface area contributed by atoms with Gasteiger partial charge in [-0.1, -0.05) is 54.2 Å². The van der Waals surface area contributed by atoms with Crippen LogP contribution in [0.15, 0.2) is 76.5 Å². The number of para-hydroxylation sites is 1. The zero-order valence-corrected chi connectivity index (χ0v) is 18.6. The lowest BCUT2D eigenvalue weighted by Crippen LogP contribution is -2.32. The van der Waals surface area contributed by atoms with E-state index in [0.29, 0.717) is 11.0 Å². The molecule has 6 nitrogen and oxygen atoms in total. The van der Waals surface area contributed by atoms with Gasteiger partial charge in [-0.25, -0.2) is 0 Å². The van der Waals surface area contributed by atoms with Gasteiger partial charge in [0.25, 0.3) is 0 Å². The quantitative estimate of drug-likeness (QED) is 0.418. The van der Waals surface area contributed by atoms with Gasteiger partial charge in [0.15, 0.2) is 11.0 Å². The lowest BCUT2D eigenvalue weighted by molar-refractivity contribution is -0.119. The third-order valence-electron chi connectivity index (χ3n) is 5.78. The summed E-state index contributed by atoms with van der Waals surface area (Å²) in [5.41, 5.74) is 4.40. The number of hydrogen-bond donors (Lipinski definition) is 1. The smallest absolute Gasteiger partial charge is 0.230 e. The van der Waals surface area contributed by atoms with Crippen LogP contribution in [0.3, 0.4) is 0 Å². The lowest BCUT2D eigenvalue weighted by Gasteiger charge is -2.26. The molecule has 162 valence electrons. The molecule has 0 radical (unpaired) electrons. The van der Waals surface area contributed by atoms with Crippen molar-refractivity contribution in [2.75, 3.05) is 5.75 Å². The van der Waals surface area contributed by atoms with Gasteiger partial charge in [0.1, 0.15) is 5.76 Å². The van der Waals surface area contributed by atoms with Gasteiger partial charge in [0, 0.05) is 5.69 Å². The Balaban J connectivity index is 1.36. The molecule has 1 aliphatic rings. The second-order valence-electron chi connectivity index (χ2n) is 7.87. The molecule has 0 fully saturated rings. The van der Waals surface area contributed by atoms with Crippen LogP contribution in [-0.2, 0) is 11.2 Å². The molecule has 4 aromatic rings. The van der Waals surface area contributed by atoms with Gasteiger partial charge in [-0.15, -0.1) is 10.2 Å². The van der Waals surface area contributed by atoms with Crippen molar-refractivity contribution in [2.24, 2.45) is 0 Å². The highest BCUT2D eigenvalue weighted by Gasteiger charge is 2.23. The number of nitrogens with one attached hydrogen (secondary N) is 1. The summed E-state index contributed by atoms with van der Waals surface area (Å²) in [5.74, 6) is 1.75. The first-order chi connectivity index (χ1) is 15.7. The second-order valence-corrected chi connectivity index (χ2v) is 8.81. The summed E-state index contributed by atoms with van der Waals surface area (Å²) in [4.78, 5) is 12.8. The molecule has 2 aromatic heterocycles. The lowest BCUT2D eigenvalue weighted by atomic mass is 9.88. The average Bonchev–Trinajstić information content (AvgIpc) is 3.44. The Morgan fingerprint density at radius 2 is 1.94 bits per heavy atom. The molecule has 1 atom stereocenters. The first kappa shape index (κ1) is 20.6. The molecule has 1 aliphatic carbocycles. The van der Waals surface area contributed by atoms with Gasteiger partial charge in [0.05, 0.1) is 23.6 Å². The maximum Gasteiger partial charge on any atom is 0.230 e. The molecule has 1 unspecified atom stereocenters. The van der Waals surface area contributed by atoms with Crippen molar-refractivity contribution in [3.05, 3.63) is 83.8 Å². The van der Waals surface area contributed by atoms with E-state index in [-0.39, 0.29) is 17.7 Å². The Morgan fingerprint density at radius 3 is 2.75 bits per heavy atom.